The van der Waals surface area contributed by atoms with Crippen LogP contribution in [0.5, 0.6) is 0 Å². The van der Waals surface area contributed by atoms with E-state index in [1.54, 1.807) is 6.26 Å². The Morgan fingerprint density at radius 1 is 1.21 bits per heavy atom. The van der Waals surface area contributed by atoms with Gasteiger partial charge in [0, 0.05) is 17.9 Å². The Morgan fingerprint density at radius 3 is 2.82 bits per heavy atom. The van der Waals surface area contributed by atoms with E-state index in [2.05, 4.69) is 15.5 Å². The van der Waals surface area contributed by atoms with Gasteiger partial charge in [-0.25, -0.2) is 0 Å². The molecule has 2 aliphatic rings. The largest absolute Gasteiger partial charge is 0.468 e. The minimum absolute atomic E-state index is 0.0350. The van der Waals surface area contributed by atoms with E-state index >= 15 is 0 Å². The Labute approximate surface area is 169 Å². The summed E-state index contributed by atoms with van der Waals surface area (Å²) in [4.78, 5) is 28.3. The highest BCUT2D eigenvalue weighted by Crippen LogP contribution is 2.36. The number of furan rings is 1. The van der Waals surface area contributed by atoms with E-state index in [1.807, 2.05) is 36.4 Å². The number of hydrogen-bond donors (Lipinski definition) is 2. The zero-order valence-electron chi connectivity index (χ0n) is 15.7. The number of fused-ring (bicyclic) bond motifs is 1. The molecule has 28 heavy (non-hydrogen) atoms. The van der Waals surface area contributed by atoms with Gasteiger partial charge in [-0.3, -0.25) is 14.5 Å². The van der Waals surface area contributed by atoms with Crippen LogP contribution in [0.2, 0.25) is 0 Å². The molecule has 1 aromatic carbocycles. The summed E-state index contributed by atoms with van der Waals surface area (Å²) in [6.07, 6.45) is 5.43. The highest BCUT2D eigenvalue weighted by molar-refractivity contribution is 8.01. The van der Waals surface area contributed by atoms with Gasteiger partial charge in [-0.2, -0.15) is 0 Å². The van der Waals surface area contributed by atoms with Crippen molar-refractivity contribution in [2.75, 3.05) is 25.0 Å². The van der Waals surface area contributed by atoms with Gasteiger partial charge in [0.2, 0.25) is 11.8 Å². The molecular weight excluding hydrogens is 374 g/mol. The highest BCUT2D eigenvalue weighted by Gasteiger charge is 2.30. The summed E-state index contributed by atoms with van der Waals surface area (Å²) in [5.74, 6) is 0.652. The van der Waals surface area contributed by atoms with E-state index in [0.717, 1.165) is 29.4 Å². The standard InChI is InChI=1S/C21H25N3O3S/c25-20(13-19-21(26)23-15-7-2-3-9-18(15)28-19)22-14-16(17-8-6-12-27-17)24-10-4-1-5-11-24/h2-3,6-9,12,16,19H,1,4-5,10-11,13-14H2,(H,22,25)(H,23,26). The molecule has 0 aliphatic carbocycles. The fourth-order valence-corrected chi connectivity index (χ4v) is 4.91. The van der Waals surface area contributed by atoms with Gasteiger partial charge in [0.25, 0.3) is 0 Å². The number of thioether (sulfide) groups is 1. The third kappa shape index (κ3) is 4.42. The first-order valence-corrected chi connectivity index (χ1v) is 10.7. The topological polar surface area (TPSA) is 74.6 Å². The predicted octanol–water partition coefficient (Wildman–Crippen LogP) is 3.43. The van der Waals surface area contributed by atoms with Gasteiger partial charge in [-0.05, 0) is 50.2 Å². The molecule has 0 bridgehead atoms. The molecule has 7 heteroatoms. The minimum Gasteiger partial charge on any atom is -0.468 e. The number of rotatable bonds is 6. The average molecular weight is 400 g/mol. The van der Waals surface area contributed by atoms with E-state index < -0.39 is 5.25 Å². The second-order valence-corrected chi connectivity index (χ2v) is 8.47. The Hall–Kier alpha value is -2.25. The molecule has 0 spiro atoms. The Morgan fingerprint density at radius 2 is 2.04 bits per heavy atom. The van der Waals surface area contributed by atoms with Crippen molar-refractivity contribution in [3.05, 3.63) is 48.4 Å². The van der Waals surface area contributed by atoms with Crippen molar-refractivity contribution in [3.8, 4) is 0 Å². The van der Waals surface area contributed by atoms with Crippen molar-refractivity contribution in [1.82, 2.24) is 10.2 Å². The zero-order chi connectivity index (χ0) is 19.3. The first-order valence-electron chi connectivity index (χ1n) is 9.81. The molecule has 1 aromatic heterocycles. The van der Waals surface area contributed by atoms with Crippen molar-refractivity contribution in [1.29, 1.82) is 0 Å². The lowest BCUT2D eigenvalue weighted by molar-refractivity contribution is -0.124. The van der Waals surface area contributed by atoms with Crippen LogP contribution in [0.15, 0.2) is 52.0 Å². The van der Waals surface area contributed by atoms with Crippen molar-refractivity contribution >= 4 is 29.3 Å². The maximum atomic E-state index is 12.6. The first-order chi connectivity index (χ1) is 13.7. The second kappa shape index (κ2) is 8.84. The molecule has 6 nitrogen and oxygen atoms in total. The number of carbonyl (C=O) groups excluding carboxylic acids is 2. The van der Waals surface area contributed by atoms with Crippen LogP contribution >= 0.6 is 11.8 Å². The number of piperidine rings is 1. The molecular formula is C21H25N3O3S. The summed E-state index contributed by atoms with van der Waals surface area (Å²) in [7, 11) is 0. The van der Waals surface area contributed by atoms with E-state index in [1.165, 1.54) is 31.0 Å². The maximum absolute atomic E-state index is 12.6. The van der Waals surface area contributed by atoms with Gasteiger partial charge in [0.05, 0.1) is 23.2 Å². The number of para-hydroxylation sites is 1. The van der Waals surface area contributed by atoms with E-state index in [4.69, 9.17) is 4.42 Å². The molecule has 2 aromatic rings. The van der Waals surface area contributed by atoms with Crippen LogP contribution in [0.4, 0.5) is 5.69 Å². The lowest BCUT2D eigenvalue weighted by atomic mass is 10.1. The molecule has 0 saturated carbocycles. The average Bonchev–Trinajstić information content (AvgIpc) is 3.24. The van der Waals surface area contributed by atoms with E-state index in [-0.39, 0.29) is 24.3 Å². The molecule has 0 radical (unpaired) electrons. The van der Waals surface area contributed by atoms with Crippen LogP contribution < -0.4 is 10.6 Å². The Balaban J connectivity index is 1.35. The summed E-state index contributed by atoms with van der Waals surface area (Å²) in [6, 6.07) is 11.6. The van der Waals surface area contributed by atoms with Crippen molar-refractivity contribution in [2.24, 2.45) is 0 Å². The number of likely N-dealkylation sites (tertiary alicyclic amines) is 1. The molecule has 148 valence electrons. The minimum atomic E-state index is -0.410. The SMILES string of the molecule is O=C(CC1Sc2ccccc2NC1=O)NCC(c1ccco1)N1CCCCC1. The third-order valence-corrected chi connectivity index (χ3v) is 6.55. The Bertz CT molecular complexity index is 818. The number of anilines is 1. The number of amides is 2. The molecule has 3 heterocycles. The van der Waals surface area contributed by atoms with E-state index in [0.29, 0.717) is 6.54 Å². The quantitative estimate of drug-likeness (QED) is 0.779. The monoisotopic (exact) mass is 399 g/mol. The predicted molar refractivity (Wildman–Crippen MR) is 109 cm³/mol. The zero-order valence-corrected chi connectivity index (χ0v) is 16.5. The van der Waals surface area contributed by atoms with Gasteiger partial charge < -0.3 is 15.1 Å². The van der Waals surface area contributed by atoms with Gasteiger partial charge in [-0.1, -0.05) is 18.6 Å². The first kappa shape index (κ1) is 19.1. The molecule has 2 atom stereocenters. The normalized spacial score (nSPS) is 20.9. The summed E-state index contributed by atoms with van der Waals surface area (Å²) < 4.78 is 5.63. The highest BCUT2D eigenvalue weighted by atomic mass is 32.2. The number of hydrogen-bond acceptors (Lipinski definition) is 5. The molecule has 2 aliphatic heterocycles. The van der Waals surface area contributed by atoms with Crippen LogP contribution in [0, 0.1) is 0 Å². The second-order valence-electron chi connectivity index (χ2n) is 7.23. The summed E-state index contributed by atoms with van der Waals surface area (Å²) >= 11 is 1.45. The Kier molecular flexibility index (Phi) is 6.02. The maximum Gasteiger partial charge on any atom is 0.238 e. The van der Waals surface area contributed by atoms with Gasteiger partial charge in [0.1, 0.15) is 5.76 Å². The molecule has 2 unspecified atom stereocenters. The van der Waals surface area contributed by atoms with Crippen LogP contribution in [-0.4, -0.2) is 41.6 Å². The van der Waals surface area contributed by atoms with Crippen LogP contribution in [0.3, 0.4) is 0 Å². The van der Waals surface area contributed by atoms with Gasteiger partial charge in [-0.15, -0.1) is 11.8 Å². The van der Waals surface area contributed by atoms with Crippen molar-refractivity contribution < 1.29 is 14.0 Å². The summed E-state index contributed by atoms with van der Waals surface area (Å²) in [5.41, 5.74) is 0.817. The fourth-order valence-electron chi connectivity index (χ4n) is 3.80. The lowest BCUT2D eigenvalue weighted by Crippen LogP contribution is -2.41. The number of carbonyl (C=O) groups is 2. The summed E-state index contributed by atoms with van der Waals surface area (Å²) in [5, 5.41) is 5.51. The smallest absolute Gasteiger partial charge is 0.238 e. The molecule has 4 rings (SSSR count). The van der Waals surface area contributed by atoms with Crippen LogP contribution in [0.1, 0.15) is 37.5 Å². The number of nitrogens with one attached hydrogen (secondary N) is 2. The summed E-state index contributed by atoms with van der Waals surface area (Å²) in [6.45, 7) is 2.51. The lowest BCUT2D eigenvalue weighted by Gasteiger charge is -2.33. The molecule has 2 amide bonds. The fraction of sp³-hybridized carbons (Fsp3) is 0.429. The molecule has 1 fully saturated rings. The molecule has 2 N–H and O–H groups in total. The third-order valence-electron chi connectivity index (χ3n) is 5.27. The van der Waals surface area contributed by atoms with Gasteiger partial charge >= 0.3 is 0 Å². The number of benzene rings is 1. The van der Waals surface area contributed by atoms with Crippen molar-refractivity contribution in [2.45, 2.75) is 41.9 Å². The van der Waals surface area contributed by atoms with Crippen LogP contribution in [0.25, 0.3) is 0 Å². The van der Waals surface area contributed by atoms with Gasteiger partial charge in [0.15, 0.2) is 0 Å². The van der Waals surface area contributed by atoms with E-state index in [9.17, 15) is 9.59 Å². The van der Waals surface area contributed by atoms with Crippen molar-refractivity contribution in [3.63, 3.8) is 0 Å². The van der Waals surface area contributed by atoms with Crippen LogP contribution in [-0.2, 0) is 9.59 Å². The molecule has 1 saturated heterocycles. The number of nitrogens with zero attached hydrogens (tertiary/aromatic N) is 1.